The van der Waals surface area contributed by atoms with Crippen molar-refractivity contribution in [3.63, 3.8) is 0 Å². The van der Waals surface area contributed by atoms with Crippen LogP contribution in [0.1, 0.15) is 50.4 Å². The molecule has 2 aromatic heterocycles. The van der Waals surface area contributed by atoms with Gasteiger partial charge in [-0.3, -0.25) is 25.5 Å². The molecule has 0 spiro atoms. The first-order valence-corrected chi connectivity index (χ1v) is 13.4. The highest BCUT2D eigenvalue weighted by atomic mass is 16.5. The van der Waals surface area contributed by atoms with Crippen molar-refractivity contribution < 1.29 is 9.53 Å². The number of amides is 1. The lowest BCUT2D eigenvalue weighted by molar-refractivity contribution is -0.141. The van der Waals surface area contributed by atoms with Gasteiger partial charge in [0.25, 0.3) is 0 Å². The van der Waals surface area contributed by atoms with Gasteiger partial charge < -0.3 is 9.64 Å². The lowest BCUT2D eigenvalue weighted by atomic mass is 9.93. The minimum absolute atomic E-state index is 0.0623. The van der Waals surface area contributed by atoms with Gasteiger partial charge in [-0.2, -0.15) is 5.26 Å². The predicted molar refractivity (Wildman–Crippen MR) is 143 cm³/mol. The summed E-state index contributed by atoms with van der Waals surface area (Å²) in [6.45, 7) is 6.48. The number of pyridine rings is 2. The SMILES string of the molecule is CC(C)(C#N)C(=O)N1CC2CCC(C1)N2Cc1ccc2cc(Oc3ccc(C4CCNN4)cn3)ccc2n1. The van der Waals surface area contributed by atoms with Crippen LogP contribution in [0.2, 0.25) is 0 Å². The zero-order valence-corrected chi connectivity index (χ0v) is 21.9. The van der Waals surface area contributed by atoms with Crippen molar-refractivity contribution in [1.29, 1.82) is 5.26 Å². The fourth-order valence-electron chi connectivity index (χ4n) is 5.85. The molecule has 9 nitrogen and oxygen atoms in total. The lowest BCUT2D eigenvalue weighted by Gasteiger charge is -2.42. The van der Waals surface area contributed by atoms with Crippen molar-refractivity contribution in [3.05, 3.63) is 59.9 Å². The van der Waals surface area contributed by atoms with E-state index in [0.717, 1.165) is 60.3 Å². The summed E-state index contributed by atoms with van der Waals surface area (Å²) in [5, 5.41) is 10.4. The third kappa shape index (κ3) is 4.83. The summed E-state index contributed by atoms with van der Waals surface area (Å²) in [6, 6.07) is 17.1. The van der Waals surface area contributed by atoms with Gasteiger partial charge in [0.05, 0.1) is 17.3 Å². The number of carbonyl (C=O) groups excluding carboxylic acids is 1. The van der Waals surface area contributed by atoms with Crippen molar-refractivity contribution in [2.45, 2.75) is 57.8 Å². The first-order chi connectivity index (χ1) is 18.4. The zero-order chi connectivity index (χ0) is 26.3. The van der Waals surface area contributed by atoms with E-state index in [1.165, 1.54) is 0 Å². The second kappa shape index (κ2) is 9.95. The van der Waals surface area contributed by atoms with Crippen molar-refractivity contribution in [3.8, 4) is 17.7 Å². The standard InChI is InChI=1S/C29H33N7O2/c1-29(2,18-30)28(37)35-16-22-6-7-23(17-35)36(22)15-21-5-3-19-13-24(8-9-25(19)33-21)38-27-10-4-20(14-31-27)26-11-12-32-34-26/h3-5,8-10,13-14,22-23,26,32,34H,6-7,11-12,15-17H2,1-2H3. The maximum absolute atomic E-state index is 12.8. The number of aromatic nitrogens is 2. The number of nitriles is 1. The molecule has 6 rings (SSSR count). The monoisotopic (exact) mass is 511 g/mol. The van der Waals surface area contributed by atoms with Gasteiger partial charge in [-0.05, 0) is 62.9 Å². The first-order valence-electron chi connectivity index (χ1n) is 13.4. The molecule has 3 aliphatic rings. The summed E-state index contributed by atoms with van der Waals surface area (Å²) < 4.78 is 6.02. The van der Waals surface area contributed by atoms with Crippen molar-refractivity contribution >= 4 is 16.8 Å². The minimum Gasteiger partial charge on any atom is -0.439 e. The molecule has 3 aromatic rings. The van der Waals surface area contributed by atoms with Crippen LogP contribution in [-0.2, 0) is 11.3 Å². The Kier molecular flexibility index (Phi) is 6.48. The molecule has 3 unspecified atom stereocenters. The number of rotatable bonds is 6. The Balaban J connectivity index is 1.11. The maximum Gasteiger partial charge on any atom is 0.242 e. The van der Waals surface area contributed by atoms with E-state index in [1.54, 1.807) is 13.8 Å². The number of nitrogens with one attached hydrogen (secondary N) is 2. The Labute approximate surface area is 222 Å². The number of likely N-dealkylation sites (tertiary alicyclic amines) is 1. The molecule has 3 fully saturated rings. The second-order valence-electron chi connectivity index (χ2n) is 11.1. The quantitative estimate of drug-likeness (QED) is 0.516. The van der Waals surface area contributed by atoms with Gasteiger partial charge in [0.15, 0.2) is 0 Å². The van der Waals surface area contributed by atoms with Gasteiger partial charge in [0.1, 0.15) is 11.2 Å². The number of hydrogen-bond donors (Lipinski definition) is 2. The Bertz CT molecular complexity index is 1360. The summed E-state index contributed by atoms with van der Waals surface area (Å²) in [6.07, 6.45) is 5.04. The third-order valence-corrected chi connectivity index (χ3v) is 8.02. The molecule has 2 bridgehead atoms. The van der Waals surface area contributed by atoms with E-state index in [9.17, 15) is 10.1 Å². The molecule has 2 N–H and O–H groups in total. The van der Waals surface area contributed by atoms with E-state index < -0.39 is 5.41 Å². The Morgan fingerprint density at radius 1 is 1.13 bits per heavy atom. The summed E-state index contributed by atoms with van der Waals surface area (Å²) in [4.78, 5) is 26.6. The maximum atomic E-state index is 12.8. The number of benzene rings is 1. The fourth-order valence-corrected chi connectivity index (χ4v) is 5.85. The molecule has 196 valence electrons. The number of fused-ring (bicyclic) bond motifs is 3. The number of carbonyl (C=O) groups is 1. The minimum atomic E-state index is -0.978. The molecule has 1 amide bonds. The van der Waals surface area contributed by atoms with Crippen LogP contribution in [0.3, 0.4) is 0 Å². The largest absolute Gasteiger partial charge is 0.439 e. The van der Waals surface area contributed by atoms with Gasteiger partial charge in [0, 0.05) is 62.0 Å². The Hall–Kier alpha value is -3.58. The number of hydrogen-bond acceptors (Lipinski definition) is 8. The van der Waals surface area contributed by atoms with E-state index in [0.29, 0.717) is 31.1 Å². The summed E-state index contributed by atoms with van der Waals surface area (Å²) in [7, 11) is 0. The normalized spacial score (nSPS) is 23.5. The highest BCUT2D eigenvalue weighted by Gasteiger charge is 2.44. The Morgan fingerprint density at radius 3 is 2.63 bits per heavy atom. The second-order valence-corrected chi connectivity index (χ2v) is 11.1. The fraction of sp³-hybridized carbons (Fsp3) is 0.448. The molecular formula is C29H33N7O2. The summed E-state index contributed by atoms with van der Waals surface area (Å²) >= 11 is 0. The molecule has 0 radical (unpaired) electrons. The van der Waals surface area contributed by atoms with Crippen molar-refractivity contribution in [1.82, 2.24) is 30.6 Å². The zero-order valence-electron chi connectivity index (χ0n) is 21.9. The average Bonchev–Trinajstić information content (AvgIpc) is 3.54. The summed E-state index contributed by atoms with van der Waals surface area (Å²) in [5.74, 6) is 1.23. The van der Waals surface area contributed by atoms with Crippen molar-refractivity contribution in [2.24, 2.45) is 5.41 Å². The Morgan fingerprint density at radius 2 is 1.95 bits per heavy atom. The number of nitrogens with zero attached hydrogens (tertiary/aromatic N) is 5. The number of ether oxygens (including phenoxy) is 1. The first kappa shape index (κ1) is 24.7. The molecule has 38 heavy (non-hydrogen) atoms. The molecule has 5 heterocycles. The molecule has 9 heteroatoms. The van der Waals surface area contributed by atoms with Gasteiger partial charge >= 0.3 is 0 Å². The van der Waals surface area contributed by atoms with Crippen LogP contribution in [0.5, 0.6) is 11.6 Å². The van der Waals surface area contributed by atoms with Crippen LogP contribution < -0.4 is 15.6 Å². The van der Waals surface area contributed by atoms with E-state index in [2.05, 4.69) is 45.0 Å². The van der Waals surface area contributed by atoms with Crippen LogP contribution in [0.25, 0.3) is 10.9 Å². The van der Waals surface area contributed by atoms with E-state index >= 15 is 0 Å². The molecule has 3 atom stereocenters. The molecule has 3 aliphatic heterocycles. The van der Waals surface area contributed by atoms with Gasteiger partial charge in [0.2, 0.25) is 11.8 Å². The average molecular weight is 512 g/mol. The van der Waals surface area contributed by atoms with E-state index in [1.807, 2.05) is 35.4 Å². The number of hydrazine groups is 1. The highest BCUT2D eigenvalue weighted by Crippen LogP contribution is 2.34. The molecular weight excluding hydrogens is 478 g/mol. The third-order valence-electron chi connectivity index (χ3n) is 8.02. The highest BCUT2D eigenvalue weighted by molar-refractivity contribution is 5.85. The van der Waals surface area contributed by atoms with Crippen LogP contribution in [-0.4, -0.2) is 57.4 Å². The summed E-state index contributed by atoms with van der Waals surface area (Å²) in [5.41, 5.74) is 8.51. The van der Waals surface area contributed by atoms with Gasteiger partial charge in [-0.1, -0.05) is 12.1 Å². The van der Waals surface area contributed by atoms with Crippen LogP contribution in [0.4, 0.5) is 0 Å². The van der Waals surface area contributed by atoms with E-state index in [-0.39, 0.29) is 11.9 Å². The lowest BCUT2D eigenvalue weighted by Crippen LogP contribution is -2.57. The predicted octanol–water partition coefficient (Wildman–Crippen LogP) is 3.69. The van der Waals surface area contributed by atoms with Crippen LogP contribution in [0.15, 0.2) is 48.7 Å². The van der Waals surface area contributed by atoms with Crippen LogP contribution in [0, 0.1) is 16.7 Å². The van der Waals surface area contributed by atoms with Gasteiger partial charge in [-0.15, -0.1) is 0 Å². The van der Waals surface area contributed by atoms with E-state index in [4.69, 9.17) is 9.72 Å². The van der Waals surface area contributed by atoms with Crippen molar-refractivity contribution in [2.75, 3.05) is 19.6 Å². The van der Waals surface area contributed by atoms with Gasteiger partial charge in [-0.25, -0.2) is 4.98 Å². The number of piperazine rings is 1. The molecule has 1 aromatic carbocycles. The van der Waals surface area contributed by atoms with Crippen LogP contribution >= 0.6 is 0 Å². The molecule has 3 saturated heterocycles. The molecule has 0 saturated carbocycles. The topological polar surface area (TPSA) is 106 Å². The smallest absolute Gasteiger partial charge is 0.242 e. The molecule has 0 aliphatic carbocycles.